The maximum atomic E-state index is 13.5. The van der Waals surface area contributed by atoms with E-state index >= 15 is 0 Å². The van der Waals surface area contributed by atoms with Gasteiger partial charge in [-0.3, -0.25) is 14.6 Å². The van der Waals surface area contributed by atoms with Crippen molar-refractivity contribution in [1.82, 2.24) is 9.88 Å². The minimum atomic E-state index is -0.841. The van der Waals surface area contributed by atoms with Crippen LogP contribution in [0.2, 0.25) is 0 Å². The number of hydrogen-bond acceptors (Lipinski definition) is 7. The molecule has 0 aliphatic carbocycles. The number of likely N-dealkylation sites (tertiary alicyclic amines) is 1. The molecule has 1 aromatic heterocycles. The topological polar surface area (TPSA) is 98.2 Å². The van der Waals surface area contributed by atoms with Crippen LogP contribution in [0.15, 0.2) is 66.5 Å². The Morgan fingerprint density at radius 1 is 1.15 bits per heavy atom. The van der Waals surface area contributed by atoms with E-state index in [4.69, 9.17) is 14.2 Å². The third-order valence-electron chi connectivity index (χ3n) is 7.04. The number of fused-ring (bicyclic) bond motifs is 1. The second kappa shape index (κ2) is 11.2. The lowest BCUT2D eigenvalue weighted by molar-refractivity contribution is -0.140. The predicted octanol–water partition coefficient (Wildman–Crippen LogP) is 5.21. The third-order valence-corrected chi connectivity index (χ3v) is 7.04. The molecule has 1 N–H and O–H groups in total. The summed E-state index contributed by atoms with van der Waals surface area (Å²) in [6.07, 6.45) is 5.94. The van der Waals surface area contributed by atoms with Gasteiger partial charge in [-0.2, -0.15) is 0 Å². The molecule has 2 atom stereocenters. The molecule has 0 spiro atoms. The maximum Gasteiger partial charge on any atom is 0.295 e. The van der Waals surface area contributed by atoms with Gasteiger partial charge in [0.1, 0.15) is 17.6 Å². The standard InChI is InChI=1S/C31H32N2O6/c1-4-5-13-38-25-11-8-21(16-26(25)37-3)28-27(29(34)22-9-10-24-23(15-22)14-19(2)39-24)30(35)31(36)33(28)18-20-7-6-12-32-17-20/h6-12,15-17,19,28,34H,4-5,13-14,18H2,1-3H3. The minimum Gasteiger partial charge on any atom is -0.507 e. The number of ether oxygens (including phenoxy) is 3. The number of amides is 1. The number of rotatable bonds is 9. The molecule has 202 valence electrons. The Balaban J connectivity index is 1.60. The first-order chi connectivity index (χ1) is 18.9. The summed E-state index contributed by atoms with van der Waals surface area (Å²) in [5, 5.41) is 11.5. The number of nitrogens with zero attached hydrogens (tertiary/aromatic N) is 2. The summed E-state index contributed by atoms with van der Waals surface area (Å²) >= 11 is 0. The van der Waals surface area contributed by atoms with Crippen LogP contribution in [0.3, 0.4) is 0 Å². The van der Waals surface area contributed by atoms with Gasteiger partial charge >= 0.3 is 0 Å². The number of aromatic nitrogens is 1. The van der Waals surface area contributed by atoms with E-state index < -0.39 is 17.7 Å². The Labute approximate surface area is 227 Å². The number of pyridine rings is 1. The molecule has 1 saturated heterocycles. The highest BCUT2D eigenvalue weighted by Gasteiger charge is 2.46. The molecule has 1 fully saturated rings. The van der Waals surface area contributed by atoms with Crippen LogP contribution in [0.5, 0.6) is 17.2 Å². The largest absolute Gasteiger partial charge is 0.507 e. The quantitative estimate of drug-likeness (QED) is 0.176. The van der Waals surface area contributed by atoms with Gasteiger partial charge in [0.2, 0.25) is 0 Å². The van der Waals surface area contributed by atoms with Gasteiger partial charge in [0.15, 0.2) is 11.5 Å². The lowest BCUT2D eigenvalue weighted by Gasteiger charge is -2.26. The summed E-state index contributed by atoms with van der Waals surface area (Å²) in [6.45, 7) is 4.76. The molecule has 2 unspecified atom stereocenters. The molecule has 39 heavy (non-hydrogen) atoms. The van der Waals surface area contributed by atoms with Gasteiger partial charge in [0.05, 0.1) is 25.3 Å². The number of Topliss-reactive ketones (excluding diaryl/α,β-unsaturated/α-hetero) is 1. The van der Waals surface area contributed by atoms with Crippen LogP contribution >= 0.6 is 0 Å². The average Bonchev–Trinajstić information content (AvgIpc) is 3.44. The summed E-state index contributed by atoms with van der Waals surface area (Å²) in [6, 6.07) is 13.5. The van der Waals surface area contributed by atoms with Gasteiger partial charge in [0, 0.05) is 30.9 Å². The van der Waals surface area contributed by atoms with E-state index in [1.54, 1.807) is 49.8 Å². The summed E-state index contributed by atoms with van der Waals surface area (Å²) in [4.78, 5) is 32.5. The van der Waals surface area contributed by atoms with E-state index in [0.29, 0.717) is 35.7 Å². The third kappa shape index (κ3) is 5.19. The van der Waals surface area contributed by atoms with Gasteiger partial charge in [-0.25, -0.2) is 0 Å². The number of ketones is 1. The summed E-state index contributed by atoms with van der Waals surface area (Å²) < 4.78 is 17.3. The Bertz CT molecular complexity index is 1420. The van der Waals surface area contributed by atoms with Crippen molar-refractivity contribution in [3.8, 4) is 17.2 Å². The molecule has 5 rings (SSSR count). The van der Waals surface area contributed by atoms with Crippen LogP contribution in [0, 0.1) is 0 Å². The Kier molecular flexibility index (Phi) is 7.54. The maximum absolute atomic E-state index is 13.5. The smallest absolute Gasteiger partial charge is 0.295 e. The fraction of sp³-hybridized carbons (Fsp3) is 0.323. The highest BCUT2D eigenvalue weighted by molar-refractivity contribution is 6.46. The normalized spacial score (nSPS) is 19.6. The van der Waals surface area contributed by atoms with E-state index in [1.165, 1.54) is 4.90 Å². The average molecular weight is 529 g/mol. The molecule has 3 aromatic rings. The number of unbranched alkanes of at least 4 members (excludes halogenated alkanes) is 1. The zero-order chi connectivity index (χ0) is 27.5. The lowest BCUT2D eigenvalue weighted by Crippen LogP contribution is -2.29. The Morgan fingerprint density at radius 3 is 2.74 bits per heavy atom. The van der Waals surface area contributed by atoms with Crippen molar-refractivity contribution in [2.75, 3.05) is 13.7 Å². The van der Waals surface area contributed by atoms with E-state index in [2.05, 4.69) is 11.9 Å². The number of aliphatic hydroxyl groups excluding tert-OH is 1. The molecule has 8 heteroatoms. The van der Waals surface area contributed by atoms with Crippen molar-refractivity contribution in [3.63, 3.8) is 0 Å². The summed E-state index contributed by atoms with van der Waals surface area (Å²) in [5.74, 6) is 0.165. The number of methoxy groups -OCH3 is 1. The van der Waals surface area contributed by atoms with Crippen LogP contribution < -0.4 is 14.2 Å². The number of carbonyl (C=O) groups is 2. The molecule has 0 bridgehead atoms. The number of aliphatic hydroxyl groups is 1. The van der Waals surface area contributed by atoms with Crippen molar-refractivity contribution < 1.29 is 28.9 Å². The van der Waals surface area contributed by atoms with Crippen molar-refractivity contribution in [2.45, 2.75) is 51.8 Å². The highest BCUT2D eigenvalue weighted by Crippen LogP contribution is 2.43. The lowest BCUT2D eigenvalue weighted by atomic mass is 9.94. The summed E-state index contributed by atoms with van der Waals surface area (Å²) in [5.41, 5.74) is 2.82. The number of carbonyl (C=O) groups excluding carboxylic acids is 2. The molecule has 8 nitrogen and oxygen atoms in total. The van der Waals surface area contributed by atoms with Crippen LogP contribution in [0.25, 0.3) is 5.76 Å². The first kappa shape index (κ1) is 26.3. The Morgan fingerprint density at radius 2 is 2.00 bits per heavy atom. The molecule has 2 aliphatic heterocycles. The Hall–Kier alpha value is -4.33. The number of hydrogen-bond donors (Lipinski definition) is 1. The molecule has 3 heterocycles. The van der Waals surface area contributed by atoms with Gasteiger partial charge < -0.3 is 24.2 Å². The highest BCUT2D eigenvalue weighted by atomic mass is 16.5. The van der Waals surface area contributed by atoms with E-state index in [1.807, 2.05) is 25.1 Å². The SMILES string of the molecule is CCCCOc1ccc(C2C(=C(O)c3ccc4c(c3)CC(C)O4)C(=O)C(=O)N2Cc2cccnc2)cc1OC. The van der Waals surface area contributed by atoms with E-state index in [-0.39, 0.29) is 24.0 Å². The minimum absolute atomic E-state index is 0.0255. The van der Waals surface area contributed by atoms with Crippen LogP contribution in [-0.4, -0.2) is 46.5 Å². The zero-order valence-corrected chi connectivity index (χ0v) is 22.3. The van der Waals surface area contributed by atoms with Crippen LogP contribution in [-0.2, 0) is 22.6 Å². The van der Waals surface area contributed by atoms with E-state index in [0.717, 1.165) is 29.7 Å². The molecular weight excluding hydrogens is 496 g/mol. The van der Waals surface area contributed by atoms with Crippen LogP contribution in [0.4, 0.5) is 0 Å². The van der Waals surface area contributed by atoms with E-state index in [9.17, 15) is 14.7 Å². The van der Waals surface area contributed by atoms with Crippen molar-refractivity contribution in [2.24, 2.45) is 0 Å². The van der Waals surface area contributed by atoms with Crippen molar-refractivity contribution in [3.05, 3.63) is 88.8 Å². The van der Waals surface area contributed by atoms with Crippen molar-refractivity contribution in [1.29, 1.82) is 0 Å². The fourth-order valence-corrected chi connectivity index (χ4v) is 5.10. The molecule has 0 saturated carbocycles. The molecular formula is C31H32N2O6. The molecule has 2 aliphatic rings. The number of benzene rings is 2. The molecule has 1 amide bonds. The van der Waals surface area contributed by atoms with Gasteiger partial charge in [0.25, 0.3) is 11.7 Å². The second-order valence-electron chi connectivity index (χ2n) is 9.86. The van der Waals surface area contributed by atoms with Crippen LogP contribution in [0.1, 0.15) is 55.0 Å². The van der Waals surface area contributed by atoms with Gasteiger partial charge in [-0.15, -0.1) is 0 Å². The monoisotopic (exact) mass is 528 g/mol. The van der Waals surface area contributed by atoms with Gasteiger partial charge in [-0.1, -0.05) is 25.5 Å². The molecule has 0 radical (unpaired) electrons. The molecule has 2 aromatic carbocycles. The summed E-state index contributed by atoms with van der Waals surface area (Å²) in [7, 11) is 1.55. The second-order valence-corrected chi connectivity index (χ2v) is 9.86. The fourth-order valence-electron chi connectivity index (χ4n) is 5.10. The zero-order valence-electron chi connectivity index (χ0n) is 22.3. The van der Waals surface area contributed by atoms with Gasteiger partial charge in [-0.05, 0) is 66.4 Å². The first-order valence-electron chi connectivity index (χ1n) is 13.2. The predicted molar refractivity (Wildman–Crippen MR) is 146 cm³/mol. The first-order valence-corrected chi connectivity index (χ1v) is 13.2. The van der Waals surface area contributed by atoms with Crippen molar-refractivity contribution >= 4 is 17.4 Å².